The molecule has 0 unspecified atom stereocenters. The molecular weight excluding hydrogens is 198 g/mol. The normalized spacial score (nSPS) is 19.7. The molecule has 1 heterocycles. The summed E-state index contributed by atoms with van der Waals surface area (Å²) in [6.45, 7) is 15.1. The lowest BCUT2D eigenvalue weighted by Crippen LogP contribution is -2.53. The van der Waals surface area contributed by atoms with Crippen LogP contribution < -0.4 is 0 Å². The molecule has 0 N–H and O–H groups in total. The van der Waals surface area contributed by atoms with Crippen molar-refractivity contribution in [3.63, 3.8) is 0 Å². The van der Waals surface area contributed by atoms with Crippen molar-refractivity contribution < 1.29 is 0 Å². The quantitative estimate of drug-likeness (QED) is 0.709. The number of likely N-dealkylation sites (N-methyl/N-ethyl adjacent to an activating group) is 1. The van der Waals surface area contributed by atoms with Gasteiger partial charge in [-0.15, -0.1) is 12.4 Å². The number of hydrazine groups is 1. The van der Waals surface area contributed by atoms with Crippen molar-refractivity contribution in [2.75, 3.05) is 45.8 Å². The predicted octanol–water partition coefficient (Wildman–Crippen LogP) is 1.30. The van der Waals surface area contributed by atoms with Gasteiger partial charge in [-0.2, -0.15) is 0 Å². The van der Waals surface area contributed by atoms with Gasteiger partial charge in [0, 0.05) is 39.3 Å². The topological polar surface area (TPSA) is 9.72 Å². The Balaban J connectivity index is 0.00000169. The van der Waals surface area contributed by atoms with E-state index in [9.17, 15) is 0 Å². The summed E-state index contributed by atoms with van der Waals surface area (Å²) in [5, 5.41) is 4.93. The Morgan fingerprint density at radius 3 is 1.79 bits per heavy atom. The number of hydrogen-bond acceptors (Lipinski definition) is 3. The molecule has 14 heavy (non-hydrogen) atoms. The molecule has 1 fully saturated rings. The van der Waals surface area contributed by atoms with Gasteiger partial charge in [-0.1, -0.05) is 20.8 Å². The molecule has 86 valence electrons. The first-order valence-electron chi connectivity index (χ1n) is 5.53. The second kappa shape index (κ2) is 7.46. The fraction of sp³-hybridized carbons (Fsp3) is 1.00. The molecule has 0 amide bonds. The molecule has 0 radical (unpaired) electrons. The van der Waals surface area contributed by atoms with Crippen molar-refractivity contribution in [1.82, 2.24) is 14.9 Å². The summed E-state index contributed by atoms with van der Waals surface area (Å²) in [6.07, 6.45) is 0. The lowest BCUT2D eigenvalue weighted by Gasteiger charge is -2.40. The summed E-state index contributed by atoms with van der Waals surface area (Å²) in [5.74, 6) is 0. The molecule has 1 aliphatic rings. The number of hydrogen-bond donors (Lipinski definition) is 0. The van der Waals surface area contributed by atoms with Crippen LogP contribution in [0, 0.1) is 0 Å². The Hall–Kier alpha value is 0.170. The van der Waals surface area contributed by atoms with E-state index in [1.165, 1.54) is 32.7 Å². The van der Waals surface area contributed by atoms with Crippen LogP contribution in [0.3, 0.4) is 0 Å². The standard InChI is InChI=1S/C10H23N3.ClH/c1-4-11-7-9-13(10-8-11)12(5-2)6-3;/h4-10H2,1-3H3;1H. The van der Waals surface area contributed by atoms with Gasteiger partial charge >= 0.3 is 0 Å². The zero-order valence-electron chi connectivity index (χ0n) is 9.70. The highest BCUT2D eigenvalue weighted by Crippen LogP contribution is 2.04. The third-order valence-corrected chi connectivity index (χ3v) is 2.93. The summed E-state index contributed by atoms with van der Waals surface area (Å²) >= 11 is 0. The Labute approximate surface area is 94.4 Å². The van der Waals surface area contributed by atoms with Crippen LogP contribution in [-0.2, 0) is 0 Å². The summed E-state index contributed by atoms with van der Waals surface area (Å²) in [5.41, 5.74) is 0. The van der Waals surface area contributed by atoms with Crippen molar-refractivity contribution >= 4 is 12.4 Å². The summed E-state index contributed by atoms with van der Waals surface area (Å²) in [4.78, 5) is 2.51. The summed E-state index contributed by atoms with van der Waals surface area (Å²) in [7, 11) is 0. The van der Waals surface area contributed by atoms with Crippen LogP contribution in [0.4, 0.5) is 0 Å². The number of nitrogens with zero attached hydrogens (tertiary/aromatic N) is 3. The van der Waals surface area contributed by atoms with Crippen LogP contribution in [0.1, 0.15) is 20.8 Å². The second-order valence-corrected chi connectivity index (χ2v) is 3.53. The Bertz CT molecular complexity index is 131. The van der Waals surface area contributed by atoms with E-state index in [1.54, 1.807) is 0 Å². The van der Waals surface area contributed by atoms with E-state index in [0.717, 1.165) is 13.1 Å². The maximum Gasteiger partial charge on any atom is 0.0261 e. The van der Waals surface area contributed by atoms with Gasteiger partial charge in [0.2, 0.25) is 0 Å². The molecule has 3 nitrogen and oxygen atoms in total. The minimum absolute atomic E-state index is 0. The monoisotopic (exact) mass is 221 g/mol. The largest absolute Gasteiger partial charge is 0.301 e. The van der Waals surface area contributed by atoms with Gasteiger partial charge in [0.1, 0.15) is 0 Å². The van der Waals surface area contributed by atoms with Crippen LogP contribution in [-0.4, -0.2) is 60.7 Å². The van der Waals surface area contributed by atoms with Gasteiger partial charge < -0.3 is 4.90 Å². The van der Waals surface area contributed by atoms with Gasteiger partial charge in [0.15, 0.2) is 0 Å². The van der Waals surface area contributed by atoms with E-state index in [0.29, 0.717) is 0 Å². The zero-order chi connectivity index (χ0) is 9.68. The summed E-state index contributed by atoms with van der Waals surface area (Å²) in [6, 6.07) is 0. The Morgan fingerprint density at radius 2 is 1.43 bits per heavy atom. The van der Waals surface area contributed by atoms with E-state index in [2.05, 4.69) is 35.7 Å². The summed E-state index contributed by atoms with van der Waals surface area (Å²) < 4.78 is 0. The number of halogens is 1. The van der Waals surface area contributed by atoms with Crippen LogP contribution >= 0.6 is 12.4 Å². The molecule has 0 aromatic rings. The van der Waals surface area contributed by atoms with Gasteiger partial charge in [0.05, 0.1) is 0 Å². The molecule has 4 heteroatoms. The maximum absolute atomic E-state index is 2.51. The Kier molecular flexibility index (Phi) is 7.55. The predicted molar refractivity (Wildman–Crippen MR) is 63.9 cm³/mol. The van der Waals surface area contributed by atoms with Crippen LogP contribution in [0.5, 0.6) is 0 Å². The lowest BCUT2D eigenvalue weighted by molar-refractivity contribution is -0.0494. The van der Waals surface area contributed by atoms with E-state index < -0.39 is 0 Å². The van der Waals surface area contributed by atoms with E-state index in [4.69, 9.17) is 0 Å². The molecule has 1 rings (SSSR count). The van der Waals surface area contributed by atoms with Crippen LogP contribution in [0.25, 0.3) is 0 Å². The molecule has 0 aromatic heterocycles. The van der Waals surface area contributed by atoms with Gasteiger partial charge in [0.25, 0.3) is 0 Å². The maximum atomic E-state index is 2.51. The molecular formula is C10H24ClN3. The van der Waals surface area contributed by atoms with Crippen LogP contribution in [0.15, 0.2) is 0 Å². The van der Waals surface area contributed by atoms with Crippen LogP contribution in [0.2, 0.25) is 0 Å². The second-order valence-electron chi connectivity index (χ2n) is 3.53. The highest BCUT2D eigenvalue weighted by atomic mass is 35.5. The number of piperazine rings is 1. The molecule has 0 aliphatic carbocycles. The van der Waals surface area contributed by atoms with E-state index >= 15 is 0 Å². The minimum Gasteiger partial charge on any atom is -0.301 e. The average molecular weight is 222 g/mol. The molecule has 0 aromatic carbocycles. The Morgan fingerprint density at radius 1 is 0.929 bits per heavy atom. The third-order valence-electron chi connectivity index (χ3n) is 2.93. The lowest BCUT2D eigenvalue weighted by atomic mass is 10.3. The molecule has 0 spiro atoms. The average Bonchev–Trinajstić information content (AvgIpc) is 2.21. The highest BCUT2D eigenvalue weighted by Gasteiger charge is 2.18. The third kappa shape index (κ3) is 3.73. The van der Waals surface area contributed by atoms with E-state index in [-0.39, 0.29) is 12.4 Å². The van der Waals surface area contributed by atoms with Crippen molar-refractivity contribution in [3.8, 4) is 0 Å². The molecule has 0 saturated carbocycles. The first-order chi connectivity index (χ1) is 6.31. The van der Waals surface area contributed by atoms with Crippen molar-refractivity contribution in [2.45, 2.75) is 20.8 Å². The first-order valence-corrected chi connectivity index (χ1v) is 5.53. The van der Waals surface area contributed by atoms with Crippen molar-refractivity contribution in [2.24, 2.45) is 0 Å². The van der Waals surface area contributed by atoms with Gasteiger partial charge in [-0.05, 0) is 6.54 Å². The molecule has 1 aliphatic heterocycles. The molecule has 1 saturated heterocycles. The fourth-order valence-electron chi connectivity index (χ4n) is 1.96. The minimum atomic E-state index is 0. The molecule has 0 atom stereocenters. The van der Waals surface area contributed by atoms with Gasteiger partial charge in [-0.3, -0.25) is 0 Å². The smallest absolute Gasteiger partial charge is 0.0261 e. The van der Waals surface area contributed by atoms with E-state index in [1.807, 2.05) is 0 Å². The first kappa shape index (κ1) is 14.2. The number of rotatable bonds is 4. The fourth-order valence-corrected chi connectivity index (χ4v) is 1.96. The van der Waals surface area contributed by atoms with Crippen molar-refractivity contribution in [3.05, 3.63) is 0 Å². The zero-order valence-corrected chi connectivity index (χ0v) is 10.5. The van der Waals surface area contributed by atoms with Crippen molar-refractivity contribution in [1.29, 1.82) is 0 Å². The van der Waals surface area contributed by atoms with Gasteiger partial charge in [-0.25, -0.2) is 10.0 Å². The molecule has 0 bridgehead atoms. The SMILES string of the molecule is CCN1CCN(N(CC)CC)CC1.Cl. The highest BCUT2D eigenvalue weighted by molar-refractivity contribution is 5.85.